The number of fused-ring (bicyclic) bond motifs is 2. The number of nitrogens with zero attached hydrogens (tertiary/aromatic N) is 1. The third-order valence-electron chi connectivity index (χ3n) is 3.84. The van der Waals surface area contributed by atoms with Gasteiger partial charge in [0.1, 0.15) is 11.9 Å². The lowest BCUT2D eigenvalue weighted by molar-refractivity contribution is 0.503. The first-order valence-corrected chi connectivity index (χ1v) is 5.73. The molecule has 2 saturated heterocycles. The molecule has 0 amide bonds. The summed E-state index contributed by atoms with van der Waals surface area (Å²) in [5.74, 6) is 0.0452. The average molecular weight is 216 g/mol. The van der Waals surface area contributed by atoms with Crippen LogP contribution in [-0.2, 0) is 0 Å². The molecule has 2 nitrogen and oxygen atoms in total. The monoisotopic (exact) mass is 216 g/mol. The lowest BCUT2D eigenvalue weighted by atomic mass is 9.84. The number of benzene rings is 1. The standard InChI is InChI=1S/C13H13FN2/c14-12-5-8(1-2-9(12)7-15)11-6-10-3-4-13(11)16-10/h1-2,5,10-11,13,16H,3-4,6H2. The second-order valence-corrected chi connectivity index (χ2v) is 4.74. The minimum Gasteiger partial charge on any atom is -0.311 e. The fourth-order valence-corrected chi connectivity index (χ4v) is 3.05. The van der Waals surface area contributed by atoms with Crippen molar-refractivity contribution in [2.45, 2.75) is 37.3 Å². The molecule has 3 heteroatoms. The molecule has 3 rings (SSSR count). The molecule has 2 aliphatic rings. The molecule has 82 valence electrons. The maximum absolute atomic E-state index is 13.5. The lowest BCUT2D eigenvalue weighted by Gasteiger charge is -2.20. The summed E-state index contributed by atoms with van der Waals surface area (Å²) >= 11 is 0. The van der Waals surface area contributed by atoms with Crippen LogP contribution in [0.25, 0.3) is 0 Å². The van der Waals surface area contributed by atoms with Gasteiger partial charge in [-0.3, -0.25) is 0 Å². The number of rotatable bonds is 1. The van der Waals surface area contributed by atoms with Crippen LogP contribution < -0.4 is 5.32 Å². The van der Waals surface area contributed by atoms with Gasteiger partial charge in [0.15, 0.2) is 0 Å². The summed E-state index contributed by atoms with van der Waals surface area (Å²) in [5, 5.41) is 12.2. The van der Waals surface area contributed by atoms with Gasteiger partial charge in [-0.15, -0.1) is 0 Å². The Morgan fingerprint density at radius 2 is 2.25 bits per heavy atom. The van der Waals surface area contributed by atoms with E-state index in [0.29, 0.717) is 18.0 Å². The van der Waals surface area contributed by atoms with Gasteiger partial charge in [-0.1, -0.05) is 6.07 Å². The third kappa shape index (κ3) is 1.42. The highest BCUT2D eigenvalue weighted by molar-refractivity contribution is 5.36. The Hall–Kier alpha value is -1.40. The molecule has 1 N–H and O–H groups in total. The summed E-state index contributed by atoms with van der Waals surface area (Å²) in [7, 11) is 0. The molecular weight excluding hydrogens is 203 g/mol. The quantitative estimate of drug-likeness (QED) is 0.782. The van der Waals surface area contributed by atoms with Crippen LogP contribution in [0.4, 0.5) is 4.39 Å². The normalized spacial score (nSPS) is 31.6. The maximum Gasteiger partial charge on any atom is 0.141 e. The van der Waals surface area contributed by atoms with E-state index in [9.17, 15) is 4.39 Å². The van der Waals surface area contributed by atoms with Crippen molar-refractivity contribution in [1.82, 2.24) is 5.32 Å². The minimum atomic E-state index is -0.386. The van der Waals surface area contributed by atoms with Crippen LogP contribution in [0.2, 0.25) is 0 Å². The first-order valence-electron chi connectivity index (χ1n) is 5.73. The Balaban J connectivity index is 1.91. The van der Waals surface area contributed by atoms with E-state index in [2.05, 4.69) is 5.32 Å². The van der Waals surface area contributed by atoms with Gasteiger partial charge in [0.2, 0.25) is 0 Å². The number of hydrogen-bond donors (Lipinski definition) is 1. The molecule has 0 radical (unpaired) electrons. The van der Waals surface area contributed by atoms with Gasteiger partial charge in [0.25, 0.3) is 0 Å². The second kappa shape index (κ2) is 3.57. The molecule has 3 atom stereocenters. The molecule has 2 bridgehead atoms. The summed E-state index contributed by atoms with van der Waals surface area (Å²) in [5.41, 5.74) is 1.18. The Labute approximate surface area is 94.1 Å². The van der Waals surface area contributed by atoms with Crippen LogP contribution in [0.3, 0.4) is 0 Å². The van der Waals surface area contributed by atoms with Crippen LogP contribution in [0.1, 0.15) is 36.3 Å². The number of halogens is 1. The molecule has 0 saturated carbocycles. The van der Waals surface area contributed by atoms with Gasteiger partial charge in [0.05, 0.1) is 5.56 Å². The second-order valence-electron chi connectivity index (χ2n) is 4.74. The van der Waals surface area contributed by atoms with E-state index in [4.69, 9.17) is 5.26 Å². The van der Waals surface area contributed by atoms with E-state index < -0.39 is 0 Å². The van der Waals surface area contributed by atoms with E-state index in [-0.39, 0.29) is 11.4 Å². The third-order valence-corrected chi connectivity index (χ3v) is 3.84. The molecule has 0 spiro atoms. The van der Waals surface area contributed by atoms with Crippen molar-refractivity contribution in [2.75, 3.05) is 0 Å². The Bertz CT molecular complexity index is 463. The van der Waals surface area contributed by atoms with Crippen molar-refractivity contribution >= 4 is 0 Å². The van der Waals surface area contributed by atoms with Gasteiger partial charge < -0.3 is 5.32 Å². The van der Waals surface area contributed by atoms with Crippen LogP contribution >= 0.6 is 0 Å². The van der Waals surface area contributed by atoms with Crippen LogP contribution in [0, 0.1) is 17.1 Å². The predicted octanol–water partition coefficient (Wildman–Crippen LogP) is 2.31. The lowest BCUT2D eigenvalue weighted by Crippen LogP contribution is -2.21. The summed E-state index contributed by atoms with van der Waals surface area (Å²) in [6.45, 7) is 0. The van der Waals surface area contributed by atoms with Crippen molar-refractivity contribution in [2.24, 2.45) is 0 Å². The molecule has 0 aromatic heterocycles. The van der Waals surface area contributed by atoms with Crippen molar-refractivity contribution in [1.29, 1.82) is 5.26 Å². The largest absolute Gasteiger partial charge is 0.311 e. The smallest absolute Gasteiger partial charge is 0.141 e. The summed E-state index contributed by atoms with van der Waals surface area (Å²) in [6.07, 6.45) is 3.55. The fourth-order valence-electron chi connectivity index (χ4n) is 3.05. The Morgan fingerprint density at radius 3 is 2.81 bits per heavy atom. The summed E-state index contributed by atoms with van der Waals surface area (Å²) < 4.78 is 13.5. The van der Waals surface area contributed by atoms with E-state index in [1.54, 1.807) is 6.07 Å². The number of nitriles is 1. The fraction of sp³-hybridized carbons (Fsp3) is 0.462. The van der Waals surface area contributed by atoms with Crippen molar-refractivity contribution in [3.05, 3.63) is 35.1 Å². The molecule has 2 aliphatic heterocycles. The van der Waals surface area contributed by atoms with Gasteiger partial charge in [-0.05, 0) is 37.0 Å². The summed E-state index contributed by atoms with van der Waals surface area (Å²) in [6, 6.07) is 8.01. The Morgan fingerprint density at radius 1 is 1.38 bits per heavy atom. The van der Waals surface area contributed by atoms with Gasteiger partial charge in [-0.2, -0.15) is 5.26 Å². The van der Waals surface area contributed by atoms with Crippen LogP contribution in [0.5, 0.6) is 0 Å². The van der Waals surface area contributed by atoms with Crippen molar-refractivity contribution in [3.8, 4) is 6.07 Å². The van der Waals surface area contributed by atoms with E-state index in [1.165, 1.54) is 18.9 Å². The molecule has 1 aromatic carbocycles. The topological polar surface area (TPSA) is 35.8 Å². The highest BCUT2D eigenvalue weighted by atomic mass is 19.1. The van der Waals surface area contributed by atoms with Crippen molar-refractivity contribution in [3.63, 3.8) is 0 Å². The average Bonchev–Trinajstić information content (AvgIpc) is 2.90. The number of nitrogens with one attached hydrogen (secondary N) is 1. The zero-order valence-corrected chi connectivity index (χ0v) is 8.91. The van der Waals surface area contributed by atoms with E-state index in [1.807, 2.05) is 12.1 Å². The van der Waals surface area contributed by atoms with Crippen LogP contribution in [0.15, 0.2) is 18.2 Å². The molecule has 0 aliphatic carbocycles. The predicted molar refractivity (Wildman–Crippen MR) is 58.4 cm³/mol. The first-order chi connectivity index (χ1) is 7.78. The Kier molecular flexibility index (Phi) is 2.19. The zero-order valence-electron chi connectivity index (χ0n) is 8.91. The molecule has 16 heavy (non-hydrogen) atoms. The van der Waals surface area contributed by atoms with E-state index in [0.717, 1.165) is 12.0 Å². The maximum atomic E-state index is 13.5. The van der Waals surface area contributed by atoms with Gasteiger partial charge in [-0.25, -0.2) is 4.39 Å². The first kappa shape index (κ1) is 9.80. The molecular formula is C13H13FN2. The molecule has 1 aromatic rings. The highest BCUT2D eigenvalue weighted by Crippen LogP contribution is 2.40. The summed E-state index contributed by atoms with van der Waals surface area (Å²) in [4.78, 5) is 0. The highest BCUT2D eigenvalue weighted by Gasteiger charge is 2.39. The number of hydrogen-bond acceptors (Lipinski definition) is 2. The minimum absolute atomic E-state index is 0.139. The molecule has 3 unspecified atom stereocenters. The zero-order chi connectivity index (χ0) is 11.1. The van der Waals surface area contributed by atoms with E-state index >= 15 is 0 Å². The molecule has 2 fully saturated rings. The van der Waals surface area contributed by atoms with Gasteiger partial charge >= 0.3 is 0 Å². The molecule has 2 heterocycles. The van der Waals surface area contributed by atoms with Gasteiger partial charge in [0, 0.05) is 18.0 Å². The van der Waals surface area contributed by atoms with Crippen LogP contribution in [-0.4, -0.2) is 12.1 Å². The SMILES string of the molecule is N#Cc1ccc(C2CC3CCC2N3)cc1F. The van der Waals surface area contributed by atoms with Crippen molar-refractivity contribution < 1.29 is 4.39 Å².